The second-order valence-corrected chi connectivity index (χ2v) is 5.18. The van der Waals surface area contributed by atoms with E-state index in [1.807, 2.05) is 30.3 Å². The van der Waals surface area contributed by atoms with Crippen molar-refractivity contribution in [1.29, 1.82) is 0 Å². The van der Waals surface area contributed by atoms with Crippen LogP contribution in [0.1, 0.15) is 12.0 Å². The Bertz CT molecular complexity index is 663. The molecular formula is C18H18O4. The molecule has 22 heavy (non-hydrogen) atoms. The number of hydrogen-bond donors (Lipinski definition) is 0. The average Bonchev–Trinajstić information content (AvgIpc) is 2.98. The lowest BCUT2D eigenvalue weighted by Crippen LogP contribution is -2.15. The Kier molecular flexibility index (Phi) is 4.71. The molecule has 1 atom stereocenters. The zero-order valence-electron chi connectivity index (χ0n) is 12.2. The zero-order valence-corrected chi connectivity index (χ0v) is 12.2. The third kappa shape index (κ3) is 3.86. The molecule has 4 nitrogen and oxygen atoms in total. The minimum absolute atomic E-state index is 0.0412. The van der Waals surface area contributed by atoms with Gasteiger partial charge in [0.15, 0.2) is 5.75 Å². The fourth-order valence-corrected chi connectivity index (χ4v) is 2.28. The number of rotatable bonds is 5. The second-order valence-electron chi connectivity index (χ2n) is 5.18. The molecule has 0 bridgehead atoms. The van der Waals surface area contributed by atoms with E-state index in [2.05, 4.69) is 0 Å². The standard InChI is InChI=1S/C18H18O4/c19-17-8-4-7-15(22-16-9-10-20-13-16)11-18(17)21-12-14-5-2-1-3-6-14/h1-8,11,16H,9-10,12-13H2/t16-/m0/s1. The van der Waals surface area contributed by atoms with E-state index < -0.39 is 0 Å². The van der Waals surface area contributed by atoms with Crippen molar-refractivity contribution >= 4 is 0 Å². The molecule has 3 rings (SSSR count). The van der Waals surface area contributed by atoms with Gasteiger partial charge in [-0.05, 0) is 17.7 Å². The molecule has 0 radical (unpaired) electrons. The molecule has 1 saturated heterocycles. The van der Waals surface area contributed by atoms with Crippen LogP contribution < -0.4 is 14.9 Å². The topological polar surface area (TPSA) is 44.8 Å². The van der Waals surface area contributed by atoms with Crippen LogP contribution in [0.2, 0.25) is 0 Å². The lowest BCUT2D eigenvalue weighted by Gasteiger charge is -2.11. The third-order valence-electron chi connectivity index (χ3n) is 3.45. The Morgan fingerprint density at radius 2 is 1.95 bits per heavy atom. The van der Waals surface area contributed by atoms with Crippen molar-refractivity contribution in [3.05, 3.63) is 70.4 Å². The summed E-state index contributed by atoms with van der Waals surface area (Å²) < 4.78 is 16.8. The Morgan fingerprint density at radius 3 is 2.73 bits per heavy atom. The van der Waals surface area contributed by atoms with E-state index in [4.69, 9.17) is 14.2 Å². The molecule has 1 fully saturated rings. The quantitative estimate of drug-likeness (QED) is 0.851. The Labute approximate surface area is 129 Å². The van der Waals surface area contributed by atoms with E-state index in [9.17, 15) is 4.79 Å². The van der Waals surface area contributed by atoms with E-state index >= 15 is 0 Å². The molecule has 1 aliphatic heterocycles. The van der Waals surface area contributed by atoms with Gasteiger partial charge < -0.3 is 14.2 Å². The van der Waals surface area contributed by atoms with Crippen LogP contribution in [0.5, 0.6) is 11.5 Å². The first-order valence-corrected chi connectivity index (χ1v) is 7.37. The van der Waals surface area contributed by atoms with Crippen LogP contribution in [0.4, 0.5) is 0 Å². The molecule has 114 valence electrons. The Hall–Kier alpha value is -2.33. The van der Waals surface area contributed by atoms with Crippen molar-refractivity contribution in [2.75, 3.05) is 13.2 Å². The molecule has 0 unspecified atom stereocenters. The third-order valence-corrected chi connectivity index (χ3v) is 3.45. The molecule has 2 aromatic rings. The van der Waals surface area contributed by atoms with Gasteiger partial charge in [0, 0.05) is 12.5 Å². The molecule has 4 heteroatoms. The van der Waals surface area contributed by atoms with Gasteiger partial charge in [-0.2, -0.15) is 0 Å². The van der Waals surface area contributed by atoms with Crippen LogP contribution in [0.3, 0.4) is 0 Å². The van der Waals surface area contributed by atoms with Crippen LogP contribution in [0, 0.1) is 0 Å². The summed E-state index contributed by atoms with van der Waals surface area (Å²) in [5, 5.41) is 0. The smallest absolute Gasteiger partial charge is 0.220 e. The first-order valence-electron chi connectivity index (χ1n) is 7.37. The average molecular weight is 298 g/mol. The van der Waals surface area contributed by atoms with Crippen LogP contribution in [0.15, 0.2) is 59.4 Å². The van der Waals surface area contributed by atoms with E-state index in [0.29, 0.717) is 31.3 Å². The lowest BCUT2D eigenvalue weighted by atomic mass is 10.2. The molecule has 1 aliphatic rings. The van der Waals surface area contributed by atoms with Gasteiger partial charge in [-0.15, -0.1) is 0 Å². The van der Waals surface area contributed by atoms with Gasteiger partial charge in [-0.3, -0.25) is 4.79 Å². The normalized spacial score (nSPS) is 17.2. The van der Waals surface area contributed by atoms with Crippen molar-refractivity contribution in [3.63, 3.8) is 0 Å². The van der Waals surface area contributed by atoms with Crippen molar-refractivity contribution in [3.8, 4) is 11.5 Å². The number of benzene rings is 1. The van der Waals surface area contributed by atoms with Crippen LogP contribution in [0.25, 0.3) is 0 Å². The largest absolute Gasteiger partial charge is 0.488 e. The van der Waals surface area contributed by atoms with Gasteiger partial charge in [0.05, 0.1) is 13.2 Å². The van der Waals surface area contributed by atoms with Gasteiger partial charge in [0.2, 0.25) is 5.43 Å². The summed E-state index contributed by atoms with van der Waals surface area (Å²) in [4.78, 5) is 12.0. The van der Waals surface area contributed by atoms with Gasteiger partial charge in [-0.1, -0.05) is 36.4 Å². The highest BCUT2D eigenvalue weighted by Gasteiger charge is 2.17. The summed E-state index contributed by atoms with van der Waals surface area (Å²) in [5.41, 5.74) is 0.855. The molecule has 0 N–H and O–H groups in total. The van der Waals surface area contributed by atoms with Gasteiger partial charge >= 0.3 is 0 Å². The first kappa shape index (κ1) is 14.6. The summed E-state index contributed by atoms with van der Waals surface area (Å²) in [6, 6.07) is 16.3. The molecule has 1 heterocycles. The molecule has 0 saturated carbocycles. The maximum Gasteiger partial charge on any atom is 0.220 e. The Morgan fingerprint density at radius 1 is 1.09 bits per heavy atom. The number of hydrogen-bond acceptors (Lipinski definition) is 4. The highest BCUT2D eigenvalue weighted by atomic mass is 16.5. The molecule has 0 amide bonds. The summed E-state index contributed by atoms with van der Waals surface area (Å²) in [7, 11) is 0. The van der Waals surface area contributed by atoms with E-state index in [1.54, 1.807) is 18.2 Å². The molecule has 0 aromatic heterocycles. The maximum atomic E-state index is 12.0. The van der Waals surface area contributed by atoms with E-state index in [1.165, 1.54) is 6.07 Å². The summed E-state index contributed by atoms with van der Waals surface area (Å²) in [6.07, 6.45) is 0.905. The fraction of sp³-hybridized carbons (Fsp3) is 0.278. The van der Waals surface area contributed by atoms with E-state index in [-0.39, 0.29) is 11.5 Å². The monoisotopic (exact) mass is 298 g/mol. The summed E-state index contributed by atoms with van der Waals surface area (Å²) in [6.45, 7) is 1.66. The van der Waals surface area contributed by atoms with Crippen LogP contribution in [-0.4, -0.2) is 19.3 Å². The fourth-order valence-electron chi connectivity index (χ4n) is 2.28. The predicted molar refractivity (Wildman–Crippen MR) is 83.3 cm³/mol. The Balaban J connectivity index is 1.74. The zero-order chi connectivity index (χ0) is 15.2. The summed E-state index contributed by atoms with van der Waals surface area (Å²) in [5.74, 6) is 0.920. The van der Waals surface area contributed by atoms with Crippen LogP contribution in [-0.2, 0) is 11.3 Å². The second kappa shape index (κ2) is 7.09. The molecule has 2 aromatic carbocycles. The van der Waals surface area contributed by atoms with Crippen molar-refractivity contribution in [2.24, 2.45) is 0 Å². The summed E-state index contributed by atoms with van der Waals surface area (Å²) >= 11 is 0. The lowest BCUT2D eigenvalue weighted by molar-refractivity contribution is 0.141. The van der Waals surface area contributed by atoms with Crippen LogP contribution >= 0.6 is 0 Å². The highest BCUT2D eigenvalue weighted by molar-refractivity contribution is 5.32. The van der Waals surface area contributed by atoms with E-state index in [0.717, 1.165) is 12.0 Å². The van der Waals surface area contributed by atoms with Gasteiger partial charge in [0.25, 0.3) is 0 Å². The van der Waals surface area contributed by atoms with Gasteiger partial charge in [0.1, 0.15) is 18.5 Å². The maximum absolute atomic E-state index is 12.0. The van der Waals surface area contributed by atoms with Crippen molar-refractivity contribution in [2.45, 2.75) is 19.1 Å². The SMILES string of the molecule is O=c1cccc(O[C@H]2CCOC2)cc1OCc1ccccc1. The predicted octanol–water partition coefficient (Wildman–Crippen LogP) is 2.79. The number of ether oxygens (including phenoxy) is 3. The minimum Gasteiger partial charge on any atom is -0.488 e. The molecule has 0 aliphatic carbocycles. The molecular weight excluding hydrogens is 280 g/mol. The van der Waals surface area contributed by atoms with Crippen molar-refractivity contribution in [1.82, 2.24) is 0 Å². The highest BCUT2D eigenvalue weighted by Crippen LogP contribution is 2.19. The van der Waals surface area contributed by atoms with Crippen molar-refractivity contribution < 1.29 is 14.2 Å². The molecule has 0 spiro atoms. The van der Waals surface area contributed by atoms with Gasteiger partial charge in [-0.25, -0.2) is 0 Å². The minimum atomic E-state index is -0.159. The first-order chi connectivity index (χ1) is 10.8.